The van der Waals surface area contributed by atoms with Crippen molar-refractivity contribution in [1.29, 1.82) is 0 Å². The van der Waals surface area contributed by atoms with Crippen LogP contribution in [0.3, 0.4) is 0 Å². The van der Waals surface area contributed by atoms with Crippen LogP contribution >= 0.6 is 35.0 Å². The zero-order valence-electron chi connectivity index (χ0n) is 15.5. The Hall–Kier alpha value is -1.85. The van der Waals surface area contributed by atoms with Crippen molar-refractivity contribution >= 4 is 56.6 Å². The molecule has 2 aromatic rings. The van der Waals surface area contributed by atoms with Crippen LogP contribution in [0, 0.1) is 10.1 Å². The number of piperazine rings is 1. The maximum Gasteiger partial charge on any atom is 0.269 e. The Kier molecular flexibility index (Phi) is 7.25. The lowest BCUT2D eigenvalue weighted by molar-refractivity contribution is -0.384. The lowest BCUT2D eigenvalue weighted by Gasteiger charge is -2.34. The van der Waals surface area contributed by atoms with Gasteiger partial charge in [0.2, 0.25) is 15.9 Å². The molecule has 0 aliphatic carbocycles. The van der Waals surface area contributed by atoms with Gasteiger partial charge in [0.1, 0.15) is 0 Å². The van der Waals surface area contributed by atoms with Crippen molar-refractivity contribution in [2.45, 2.75) is 9.79 Å². The van der Waals surface area contributed by atoms with Crippen LogP contribution in [0.15, 0.2) is 52.3 Å². The molecule has 2 aromatic carbocycles. The maximum absolute atomic E-state index is 12.8. The summed E-state index contributed by atoms with van der Waals surface area (Å²) < 4.78 is 26.9. The summed E-state index contributed by atoms with van der Waals surface area (Å²) in [5.74, 6) is 0.0436. The fourth-order valence-electron chi connectivity index (χ4n) is 2.86. The summed E-state index contributed by atoms with van der Waals surface area (Å²) in [6.07, 6.45) is 0. The minimum Gasteiger partial charge on any atom is -0.339 e. The van der Waals surface area contributed by atoms with Gasteiger partial charge in [-0.25, -0.2) is 8.42 Å². The zero-order valence-corrected chi connectivity index (χ0v) is 18.7. The van der Waals surface area contributed by atoms with E-state index < -0.39 is 14.9 Å². The van der Waals surface area contributed by atoms with Gasteiger partial charge < -0.3 is 4.90 Å². The monoisotopic (exact) mass is 489 g/mol. The van der Waals surface area contributed by atoms with E-state index in [4.69, 9.17) is 23.2 Å². The van der Waals surface area contributed by atoms with Crippen molar-refractivity contribution in [3.05, 3.63) is 62.6 Å². The van der Waals surface area contributed by atoms with E-state index in [0.717, 1.165) is 4.90 Å². The van der Waals surface area contributed by atoms with E-state index in [1.165, 1.54) is 46.4 Å². The third kappa shape index (κ3) is 5.25. The number of sulfonamides is 1. The number of non-ortho nitro benzene ring substituents is 1. The van der Waals surface area contributed by atoms with Gasteiger partial charge in [0.25, 0.3) is 5.69 Å². The number of nitro groups is 1. The molecular weight excluding hydrogens is 473 g/mol. The third-order valence-electron chi connectivity index (χ3n) is 4.53. The predicted octanol–water partition coefficient (Wildman–Crippen LogP) is 3.53. The number of carbonyl (C=O) groups excluding carboxylic acids is 1. The number of nitrogens with zero attached hydrogens (tertiary/aromatic N) is 3. The van der Waals surface area contributed by atoms with Crippen LogP contribution in [-0.2, 0) is 14.8 Å². The van der Waals surface area contributed by atoms with Gasteiger partial charge in [-0.15, -0.1) is 11.8 Å². The van der Waals surface area contributed by atoms with Crippen LogP contribution < -0.4 is 0 Å². The highest BCUT2D eigenvalue weighted by Gasteiger charge is 2.30. The quantitative estimate of drug-likeness (QED) is 0.349. The normalized spacial score (nSPS) is 15.2. The lowest BCUT2D eigenvalue weighted by atomic mass is 10.3. The molecule has 160 valence electrons. The first-order chi connectivity index (χ1) is 14.2. The SMILES string of the molecule is O=C(CSc1ccc([N+](=O)[O-])cc1)N1CCN(S(=O)(=O)c2ccc(Cl)c(Cl)c2)CC1. The molecule has 0 atom stereocenters. The van der Waals surface area contributed by atoms with Crippen molar-refractivity contribution in [3.8, 4) is 0 Å². The van der Waals surface area contributed by atoms with Crippen LogP contribution in [0.25, 0.3) is 0 Å². The van der Waals surface area contributed by atoms with Gasteiger partial charge in [0.05, 0.1) is 25.6 Å². The van der Waals surface area contributed by atoms with Gasteiger partial charge in [-0.1, -0.05) is 23.2 Å². The first kappa shape index (κ1) is 22.8. The molecule has 1 aliphatic heterocycles. The molecule has 0 saturated carbocycles. The van der Waals surface area contributed by atoms with Crippen LogP contribution in [0.5, 0.6) is 0 Å². The van der Waals surface area contributed by atoms with Crippen molar-refractivity contribution in [2.75, 3.05) is 31.9 Å². The fourth-order valence-corrected chi connectivity index (χ4v) is 5.48. The van der Waals surface area contributed by atoms with Crippen LogP contribution in [-0.4, -0.2) is 60.4 Å². The van der Waals surface area contributed by atoms with E-state index in [1.807, 2.05) is 0 Å². The van der Waals surface area contributed by atoms with Gasteiger partial charge in [-0.05, 0) is 30.3 Å². The minimum absolute atomic E-state index is 0.00928. The highest BCUT2D eigenvalue weighted by molar-refractivity contribution is 8.00. The van der Waals surface area contributed by atoms with Crippen molar-refractivity contribution in [3.63, 3.8) is 0 Å². The van der Waals surface area contributed by atoms with E-state index in [9.17, 15) is 23.3 Å². The molecule has 0 bridgehead atoms. The summed E-state index contributed by atoms with van der Waals surface area (Å²) >= 11 is 13.1. The largest absolute Gasteiger partial charge is 0.339 e. The predicted molar refractivity (Wildman–Crippen MR) is 116 cm³/mol. The van der Waals surface area contributed by atoms with E-state index in [2.05, 4.69) is 0 Å². The number of thioether (sulfide) groups is 1. The molecule has 30 heavy (non-hydrogen) atoms. The second-order valence-corrected chi connectivity index (χ2v) is 10.2. The molecule has 8 nitrogen and oxygen atoms in total. The molecule has 0 aromatic heterocycles. The molecule has 0 radical (unpaired) electrons. The van der Waals surface area contributed by atoms with Gasteiger partial charge in [0.15, 0.2) is 0 Å². The van der Waals surface area contributed by atoms with Gasteiger partial charge in [-0.2, -0.15) is 4.31 Å². The molecule has 1 heterocycles. The fraction of sp³-hybridized carbons (Fsp3) is 0.278. The molecule has 0 spiro atoms. The Morgan fingerprint density at radius 2 is 1.67 bits per heavy atom. The second-order valence-electron chi connectivity index (χ2n) is 6.40. The minimum atomic E-state index is -3.72. The van der Waals surface area contributed by atoms with E-state index in [1.54, 1.807) is 17.0 Å². The number of benzene rings is 2. The Bertz CT molecular complexity index is 1060. The number of amides is 1. The molecule has 1 saturated heterocycles. The van der Waals surface area contributed by atoms with Crippen molar-refractivity contribution < 1.29 is 18.1 Å². The zero-order chi connectivity index (χ0) is 21.9. The summed E-state index contributed by atoms with van der Waals surface area (Å²) in [6.45, 7) is 0.910. The van der Waals surface area contributed by atoms with Crippen molar-refractivity contribution in [2.24, 2.45) is 0 Å². The Morgan fingerprint density at radius 3 is 2.23 bits per heavy atom. The Balaban J connectivity index is 1.54. The topological polar surface area (TPSA) is 101 Å². The van der Waals surface area contributed by atoms with Gasteiger partial charge in [-0.3, -0.25) is 14.9 Å². The highest BCUT2D eigenvalue weighted by atomic mass is 35.5. The molecular formula is C18H17Cl2N3O5S2. The average Bonchev–Trinajstić information content (AvgIpc) is 2.74. The molecule has 12 heteroatoms. The first-order valence-electron chi connectivity index (χ1n) is 8.79. The highest BCUT2D eigenvalue weighted by Crippen LogP contribution is 2.27. The summed E-state index contributed by atoms with van der Waals surface area (Å²) in [6, 6.07) is 10.1. The van der Waals surface area contributed by atoms with Crippen molar-refractivity contribution in [1.82, 2.24) is 9.21 Å². The average molecular weight is 490 g/mol. The first-order valence-corrected chi connectivity index (χ1v) is 12.0. The van der Waals surface area contributed by atoms with Crippen LogP contribution in [0.1, 0.15) is 0 Å². The number of hydrogen-bond donors (Lipinski definition) is 0. The van der Waals surface area contributed by atoms with E-state index in [0.29, 0.717) is 0 Å². The molecule has 0 N–H and O–H groups in total. The molecule has 0 unspecified atom stereocenters. The second kappa shape index (κ2) is 9.52. The Morgan fingerprint density at radius 1 is 1.03 bits per heavy atom. The molecule has 1 aliphatic rings. The molecule has 3 rings (SSSR count). The summed E-state index contributed by atoms with van der Waals surface area (Å²) in [4.78, 5) is 25.1. The number of carbonyl (C=O) groups is 1. The maximum atomic E-state index is 12.8. The van der Waals surface area contributed by atoms with E-state index >= 15 is 0 Å². The smallest absolute Gasteiger partial charge is 0.269 e. The summed E-state index contributed by atoms with van der Waals surface area (Å²) in [5.41, 5.74) is -0.00928. The molecule has 1 fully saturated rings. The van der Waals surface area contributed by atoms with Gasteiger partial charge in [0, 0.05) is 43.2 Å². The van der Waals surface area contributed by atoms with Crippen LogP contribution in [0.4, 0.5) is 5.69 Å². The standard InChI is InChI=1S/C18H17Cl2N3O5S2/c19-16-6-5-15(11-17(16)20)30(27,28)22-9-7-21(8-10-22)18(24)12-29-14-3-1-13(2-4-14)23(25)26/h1-6,11H,7-10,12H2. The third-order valence-corrected chi connectivity index (χ3v) is 8.16. The number of rotatable bonds is 6. The van der Waals surface area contributed by atoms with Crippen LogP contribution in [0.2, 0.25) is 10.0 Å². The number of nitro benzene ring substituents is 1. The van der Waals surface area contributed by atoms with Gasteiger partial charge >= 0.3 is 0 Å². The molecule has 1 amide bonds. The number of hydrogen-bond acceptors (Lipinski definition) is 6. The lowest BCUT2D eigenvalue weighted by Crippen LogP contribution is -2.50. The summed E-state index contributed by atoms with van der Waals surface area (Å²) in [5, 5.41) is 11.1. The van der Waals surface area contributed by atoms with E-state index in [-0.39, 0.29) is 58.5 Å². The number of halogens is 2. The summed E-state index contributed by atoms with van der Waals surface area (Å²) in [7, 11) is -3.72. The Labute approximate surface area is 187 Å².